The molecule has 0 radical (unpaired) electrons. The van der Waals surface area contributed by atoms with Crippen LogP contribution in [0.4, 0.5) is 29.3 Å². The standard InChI is InChI=1S/C18H12F4N6/c1-9-23-17(28-27-9)26-16-12-4-2-3-5-14(12)24-15(25-16)11-7-6-10(19)8-13(11)18(20,21)22/h2-8H,1H3,(H2,23,24,25,26,27,28). The molecule has 0 aliphatic rings. The van der Waals surface area contributed by atoms with Gasteiger partial charge < -0.3 is 5.32 Å². The number of nitrogens with zero attached hydrogens (tertiary/aromatic N) is 4. The van der Waals surface area contributed by atoms with E-state index >= 15 is 0 Å². The van der Waals surface area contributed by atoms with Gasteiger partial charge >= 0.3 is 6.18 Å². The van der Waals surface area contributed by atoms with Crippen molar-refractivity contribution >= 4 is 22.7 Å². The first-order valence-corrected chi connectivity index (χ1v) is 8.11. The number of para-hydroxylation sites is 1. The molecule has 142 valence electrons. The van der Waals surface area contributed by atoms with Crippen molar-refractivity contribution in [3.05, 3.63) is 59.7 Å². The summed E-state index contributed by atoms with van der Waals surface area (Å²) in [4.78, 5) is 12.6. The summed E-state index contributed by atoms with van der Waals surface area (Å²) in [6, 6.07) is 9.20. The Balaban J connectivity index is 1.92. The van der Waals surface area contributed by atoms with Gasteiger partial charge in [-0.3, -0.25) is 5.10 Å². The van der Waals surface area contributed by atoms with Gasteiger partial charge in [0.05, 0.1) is 11.1 Å². The molecule has 6 nitrogen and oxygen atoms in total. The smallest absolute Gasteiger partial charge is 0.307 e. The number of aromatic amines is 1. The van der Waals surface area contributed by atoms with E-state index in [1.165, 1.54) is 0 Å². The quantitative estimate of drug-likeness (QED) is 0.501. The second-order valence-corrected chi connectivity index (χ2v) is 5.97. The molecule has 10 heteroatoms. The molecule has 0 amide bonds. The highest BCUT2D eigenvalue weighted by Gasteiger charge is 2.35. The maximum absolute atomic E-state index is 13.4. The second-order valence-electron chi connectivity index (χ2n) is 5.97. The molecule has 0 aliphatic heterocycles. The third kappa shape index (κ3) is 3.36. The first kappa shape index (κ1) is 17.8. The van der Waals surface area contributed by atoms with Crippen LogP contribution in [0.5, 0.6) is 0 Å². The van der Waals surface area contributed by atoms with Crippen LogP contribution in [0, 0.1) is 12.7 Å². The maximum atomic E-state index is 13.4. The molecule has 0 atom stereocenters. The molecule has 0 aliphatic carbocycles. The number of fused-ring (bicyclic) bond motifs is 1. The van der Waals surface area contributed by atoms with E-state index < -0.39 is 17.6 Å². The van der Waals surface area contributed by atoms with Gasteiger partial charge in [-0.2, -0.15) is 18.2 Å². The molecule has 0 fully saturated rings. The molecule has 28 heavy (non-hydrogen) atoms. The Hall–Kier alpha value is -3.56. The summed E-state index contributed by atoms with van der Waals surface area (Å²) in [5, 5.41) is 10.1. The number of hydrogen-bond acceptors (Lipinski definition) is 5. The van der Waals surface area contributed by atoms with Gasteiger partial charge in [-0.15, -0.1) is 5.10 Å². The minimum atomic E-state index is -4.76. The minimum absolute atomic E-state index is 0.194. The first-order valence-electron chi connectivity index (χ1n) is 8.11. The summed E-state index contributed by atoms with van der Waals surface area (Å²) >= 11 is 0. The zero-order valence-electron chi connectivity index (χ0n) is 14.3. The van der Waals surface area contributed by atoms with Crippen LogP contribution in [-0.2, 0) is 6.18 Å². The van der Waals surface area contributed by atoms with E-state index in [1.54, 1.807) is 31.2 Å². The molecule has 0 bridgehead atoms. The Morgan fingerprint density at radius 2 is 1.79 bits per heavy atom. The van der Waals surface area contributed by atoms with Crippen LogP contribution in [0.15, 0.2) is 42.5 Å². The Labute approximate surface area is 155 Å². The van der Waals surface area contributed by atoms with Crippen molar-refractivity contribution in [2.24, 2.45) is 0 Å². The molecular weight excluding hydrogens is 376 g/mol. The number of halogens is 4. The van der Waals surface area contributed by atoms with Crippen LogP contribution in [0.1, 0.15) is 11.4 Å². The van der Waals surface area contributed by atoms with E-state index in [0.717, 1.165) is 12.1 Å². The number of hydrogen-bond donors (Lipinski definition) is 2. The van der Waals surface area contributed by atoms with E-state index in [9.17, 15) is 17.6 Å². The molecule has 2 aromatic heterocycles. The largest absolute Gasteiger partial charge is 0.417 e. The number of H-pyrrole nitrogens is 1. The lowest BCUT2D eigenvalue weighted by molar-refractivity contribution is -0.137. The molecule has 2 heterocycles. The average molecular weight is 388 g/mol. The lowest BCUT2D eigenvalue weighted by atomic mass is 10.1. The number of aryl methyl sites for hydroxylation is 1. The predicted octanol–water partition coefficient (Wildman–Crippen LogP) is 4.62. The molecule has 2 aromatic carbocycles. The topological polar surface area (TPSA) is 79.4 Å². The Bertz CT molecular complexity index is 1170. The van der Waals surface area contributed by atoms with Crippen molar-refractivity contribution in [3.8, 4) is 11.4 Å². The van der Waals surface area contributed by atoms with Crippen LogP contribution in [0.2, 0.25) is 0 Å². The van der Waals surface area contributed by atoms with E-state index in [2.05, 4.69) is 30.5 Å². The number of benzene rings is 2. The number of nitrogens with one attached hydrogen (secondary N) is 2. The Morgan fingerprint density at radius 3 is 2.50 bits per heavy atom. The number of rotatable bonds is 3. The van der Waals surface area contributed by atoms with Crippen molar-refractivity contribution in [2.45, 2.75) is 13.1 Å². The van der Waals surface area contributed by atoms with Crippen molar-refractivity contribution in [1.29, 1.82) is 0 Å². The van der Waals surface area contributed by atoms with E-state index in [1.807, 2.05) is 0 Å². The van der Waals surface area contributed by atoms with Crippen LogP contribution >= 0.6 is 0 Å². The summed E-state index contributed by atoms with van der Waals surface area (Å²) in [6.45, 7) is 1.70. The van der Waals surface area contributed by atoms with Crippen LogP contribution in [0.25, 0.3) is 22.3 Å². The molecular formula is C18H12F4N6. The van der Waals surface area contributed by atoms with Crippen LogP contribution in [-0.4, -0.2) is 25.1 Å². The third-order valence-corrected chi connectivity index (χ3v) is 3.96. The maximum Gasteiger partial charge on any atom is 0.417 e. The second kappa shape index (κ2) is 6.55. The molecule has 2 N–H and O–H groups in total. The van der Waals surface area contributed by atoms with Gasteiger partial charge in [0.15, 0.2) is 5.82 Å². The average Bonchev–Trinajstić information content (AvgIpc) is 3.05. The fraction of sp³-hybridized carbons (Fsp3) is 0.111. The van der Waals surface area contributed by atoms with Gasteiger partial charge in [0.1, 0.15) is 17.5 Å². The van der Waals surface area contributed by atoms with Gasteiger partial charge in [-0.05, 0) is 37.3 Å². The summed E-state index contributed by atoms with van der Waals surface area (Å²) in [7, 11) is 0. The highest BCUT2D eigenvalue weighted by molar-refractivity contribution is 5.91. The summed E-state index contributed by atoms with van der Waals surface area (Å²) in [6.07, 6.45) is -4.76. The summed E-state index contributed by atoms with van der Waals surface area (Å²) < 4.78 is 53.7. The lowest BCUT2D eigenvalue weighted by Crippen LogP contribution is -2.09. The SMILES string of the molecule is Cc1nc(Nc2nc(-c3ccc(F)cc3C(F)(F)F)nc3ccccc23)n[nH]1. The van der Waals surface area contributed by atoms with Crippen molar-refractivity contribution in [3.63, 3.8) is 0 Å². The van der Waals surface area contributed by atoms with Crippen LogP contribution in [0.3, 0.4) is 0 Å². The summed E-state index contributed by atoms with van der Waals surface area (Å²) in [5.41, 5.74) is -1.06. The molecule has 0 spiro atoms. The fourth-order valence-electron chi connectivity index (χ4n) is 2.74. The zero-order valence-corrected chi connectivity index (χ0v) is 14.3. The molecule has 0 unspecified atom stereocenters. The van der Waals surface area contributed by atoms with Crippen LogP contribution < -0.4 is 5.32 Å². The van der Waals surface area contributed by atoms with Gasteiger partial charge in [0.2, 0.25) is 5.95 Å². The molecule has 4 aromatic rings. The normalized spacial score (nSPS) is 11.8. The highest BCUT2D eigenvalue weighted by atomic mass is 19.4. The molecule has 0 saturated heterocycles. The number of alkyl halides is 3. The number of anilines is 2. The van der Waals surface area contributed by atoms with E-state index in [0.29, 0.717) is 22.8 Å². The monoisotopic (exact) mass is 388 g/mol. The minimum Gasteiger partial charge on any atom is -0.307 e. The van der Waals surface area contributed by atoms with E-state index in [-0.39, 0.29) is 23.2 Å². The Kier molecular flexibility index (Phi) is 4.17. The van der Waals surface area contributed by atoms with Crippen molar-refractivity contribution < 1.29 is 17.6 Å². The first-order chi connectivity index (χ1) is 13.3. The van der Waals surface area contributed by atoms with E-state index in [4.69, 9.17) is 0 Å². The molecule has 4 rings (SSSR count). The number of aromatic nitrogens is 5. The predicted molar refractivity (Wildman–Crippen MR) is 94.3 cm³/mol. The Morgan fingerprint density at radius 1 is 1.00 bits per heavy atom. The molecule has 0 saturated carbocycles. The fourth-order valence-corrected chi connectivity index (χ4v) is 2.74. The van der Waals surface area contributed by atoms with Gasteiger partial charge in [-0.1, -0.05) is 12.1 Å². The third-order valence-electron chi connectivity index (χ3n) is 3.96. The van der Waals surface area contributed by atoms with Gasteiger partial charge in [0.25, 0.3) is 0 Å². The van der Waals surface area contributed by atoms with Gasteiger partial charge in [0, 0.05) is 10.9 Å². The zero-order chi connectivity index (χ0) is 19.9. The van der Waals surface area contributed by atoms with Gasteiger partial charge in [-0.25, -0.2) is 14.4 Å². The van der Waals surface area contributed by atoms with Crippen molar-refractivity contribution in [2.75, 3.05) is 5.32 Å². The van der Waals surface area contributed by atoms with Crippen molar-refractivity contribution in [1.82, 2.24) is 25.1 Å². The summed E-state index contributed by atoms with van der Waals surface area (Å²) in [5.74, 6) is -0.189. The highest BCUT2D eigenvalue weighted by Crippen LogP contribution is 2.37. The lowest BCUT2D eigenvalue weighted by Gasteiger charge is -2.14.